The number of hydrogen-bond donors (Lipinski definition) is 1. The quantitative estimate of drug-likeness (QED) is 0.601. The van der Waals surface area contributed by atoms with Crippen molar-refractivity contribution in [1.82, 2.24) is 4.31 Å². The van der Waals surface area contributed by atoms with Crippen molar-refractivity contribution < 1.29 is 17.6 Å². The molecule has 0 saturated carbocycles. The molecule has 0 aromatic heterocycles. The van der Waals surface area contributed by atoms with Gasteiger partial charge in [-0.05, 0) is 84.0 Å². The van der Waals surface area contributed by atoms with Crippen LogP contribution >= 0.6 is 22.6 Å². The van der Waals surface area contributed by atoms with Crippen LogP contribution in [0.3, 0.4) is 0 Å². The molecule has 0 saturated heterocycles. The summed E-state index contributed by atoms with van der Waals surface area (Å²) in [5.41, 5.74) is 1.73. The Morgan fingerprint density at radius 1 is 1.19 bits per heavy atom. The molecule has 1 amide bonds. The maximum atomic E-state index is 12.9. The Hall–Kier alpha value is -1.52. The van der Waals surface area contributed by atoms with E-state index in [1.807, 2.05) is 25.1 Å². The number of halogens is 2. The molecular formula is C18H20FIN2O3S. The average molecular weight is 490 g/mol. The zero-order chi connectivity index (χ0) is 19.3. The lowest BCUT2D eigenvalue weighted by Gasteiger charge is -2.17. The van der Waals surface area contributed by atoms with E-state index < -0.39 is 15.8 Å². The molecule has 1 N–H and O–H groups in total. The van der Waals surface area contributed by atoms with E-state index in [-0.39, 0.29) is 23.8 Å². The van der Waals surface area contributed by atoms with Gasteiger partial charge in [-0.15, -0.1) is 0 Å². The number of sulfonamides is 1. The maximum Gasteiger partial charge on any atom is 0.242 e. The summed E-state index contributed by atoms with van der Waals surface area (Å²) in [4.78, 5) is 12.1. The van der Waals surface area contributed by atoms with Gasteiger partial charge in [0.1, 0.15) is 5.82 Å². The van der Waals surface area contributed by atoms with Crippen molar-refractivity contribution in [3.05, 3.63) is 57.4 Å². The van der Waals surface area contributed by atoms with Gasteiger partial charge in [-0.2, -0.15) is 0 Å². The van der Waals surface area contributed by atoms with Gasteiger partial charge in [-0.3, -0.25) is 4.79 Å². The second-order valence-corrected chi connectivity index (χ2v) is 9.18. The predicted molar refractivity (Wildman–Crippen MR) is 108 cm³/mol. The Bertz CT molecular complexity index is 886. The SMILES string of the molecule is Cc1cc(I)ccc1NC(=O)CCCN(C)S(=O)(=O)c1ccc(F)cc1. The lowest BCUT2D eigenvalue weighted by atomic mass is 10.2. The summed E-state index contributed by atoms with van der Waals surface area (Å²) in [6.07, 6.45) is 0.584. The summed E-state index contributed by atoms with van der Waals surface area (Å²) in [5.74, 6) is -0.656. The van der Waals surface area contributed by atoms with E-state index in [4.69, 9.17) is 0 Å². The first kappa shape index (κ1) is 20.8. The molecule has 0 unspecified atom stereocenters. The van der Waals surface area contributed by atoms with Crippen molar-refractivity contribution in [1.29, 1.82) is 0 Å². The molecule has 2 aromatic carbocycles. The third kappa shape index (κ3) is 5.49. The molecule has 0 bridgehead atoms. The molecule has 140 valence electrons. The zero-order valence-corrected chi connectivity index (χ0v) is 17.5. The fraction of sp³-hybridized carbons (Fsp3) is 0.278. The van der Waals surface area contributed by atoms with Gasteiger partial charge in [-0.1, -0.05) is 0 Å². The van der Waals surface area contributed by atoms with E-state index in [0.717, 1.165) is 27.0 Å². The van der Waals surface area contributed by atoms with Gasteiger partial charge in [-0.25, -0.2) is 17.1 Å². The fourth-order valence-electron chi connectivity index (χ4n) is 2.35. The van der Waals surface area contributed by atoms with Crippen LogP contribution in [0.5, 0.6) is 0 Å². The number of nitrogens with one attached hydrogen (secondary N) is 1. The van der Waals surface area contributed by atoms with Crippen LogP contribution in [-0.4, -0.2) is 32.2 Å². The minimum absolute atomic E-state index is 0.0281. The highest BCUT2D eigenvalue weighted by Crippen LogP contribution is 2.18. The first-order valence-corrected chi connectivity index (χ1v) is 10.5. The van der Waals surface area contributed by atoms with Gasteiger partial charge in [0.15, 0.2) is 0 Å². The van der Waals surface area contributed by atoms with Gasteiger partial charge >= 0.3 is 0 Å². The maximum absolute atomic E-state index is 12.9. The molecule has 2 rings (SSSR count). The monoisotopic (exact) mass is 490 g/mol. The highest BCUT2D eigenvalue weighted by Gasteiger charge is 2.20. The summed E-state index contributed by atoms with van der Waals surface area (Å²) < 4.78 is 40.0. The zero-order valence-electron chi connectivity index (χ0n) is 14.5. The summed E-state index contributed by atoms with van der Waals surface area (Å²) in [5, 5.41) is 2.84. The van der Waals surface area contributed by atoms with Crippen LogP contribution in [-0.2, 0) is 14.8 Å². The third-order valence-electron chi connectivity index (χ3n) is 3.86. The number of nitrogens with zero attached hydrogens (tertiary/aromatic N) is 1. The van der Waals surface area contributed by atoms with Crippen molar-refractivity contribution in [3.63, 3.8) is 0 Å². The van der Waals surface area contributed by atoms with Crippen LogP contribution in [0.4, 0.5) is 10.1 Å². The number of anilines is 1. The lowest BCUT2D eigenvalue weighted by Crippen LogP contribution is -2.28. The van der Waals surface area contributed by atoms with E-state index in [0.29, 0.717) is 6.42 Å². The molecule has 0 atom stereocenters. The van der Waals surface area contributed by atoms with Crippen LogP contribution in [0.25, 0.3) is 0 Å². The predicted octanol–water partition coefficient (Wildman–Crippen LogP) is 3.78. The average Bonchev–Trinajstić information content (AvgIpc) is 2.57. The van der Waals surface area contributed by atoms with Gasteiger partial charge in [0, 0.05) is 29.3 Å². The second-order valence-electron chi connectivity index (χ2n) is 5.89. The van der Waals surface area contributed by atoms with E-state index >= 15 is 0 Å². The minimum atomic E-state index is -3.69. The first-order valence-electron chi connectivity index (χ1n) is 7.98. The molecule has 26 heavy (non-hydrogen) atoms. The van der Waals surface area contributed by atoms with Crippen molar-refractivity contribution in [3.8, 4) is 0 Å². The van der Waals surface area contributed by atoms with Crippen LogP contribution in [0.15, 0.2) is 47.4 Å². The summed E-state index contributed by atoms with van der Waals surface area (Å²) in [6.45, 7) is 2.11. The number of aryl methyl sites for hydroxylation is 1. The standard InChI is InChI=1S/C18H20FIN2O3S/c1-13-12-15(20)7-10-17(13)21-18(23)4-3-11-22(2)26(24,25)16-8-5-14(19)6-9-16/h5-10,12H,3-4,11H2,1-2H3,(H,21,23). The molecule has 8 heteroatoms. The Labute approximate surface area is 166 Å². The fourth-order valence-corrected chi connectivity index (χ4v) is 4.21. The van der Waals surface area contributed by atoms with Gasteiger partial charge in [0.25, 0.3) is 0 Å². The van der Waals surface area contributed by atoms with Crippen LogP contribution in [0.1, 0.15) is 18.4 Å². The molecule has 0 fully saturated rings. The smallest absolute Gasteiger partial charge is 0.242 e. The second kappa shape index (κ2) is 8.92. The lowest BCUT2D eigenvalue weighted by molar-refractivity contribution is -0.116. The van der Waals surface area contributed by atoms with Crippen molar-refractivity contribution in [2.24, 2.45) is 0 Å². The topological polar surface area (TPSA) is 66.5 Å². The molecular weight excluding hydrogens is 470 g/mol. The normalized spacial score (nSPS) is 11.6. The number of hydrogen-bond acceptors (Lipinski definition) is 3. The summed E-state index contributed by atoms with van der Waals surface area (Å²) >= 11 is 2.20. The molecule has 0 aliphatic heterocycles. The first-order chi connectivity index (χ1) is 12.2. The molecule has 0 heterocycles. The molecule has 0 aliphatic carbocycles. The number of carbonyl (C=O) groups excluding carboxylic acids is 1. The largest absolute Gasteiger partial charge is 0.326 e. The van der Waals surface area contributed by atoms with Crippen LogP contribution < -0.4 is 5.32 Å². The molecule has 0 radical (unpaired) electrons. The minimum Gasteiger partial charge on any atom is -0.326 e. The van der Waals surface area contributed by atoms with E-state index in [2.05, 4.69) is 27.9 Å². The summed E-state index contributed by atoms with van der Waals surface area (Å²) in [6, 6.07) is 10.4. The van der Waals surface area contributed by atoms with Crippen molar-refractivity contribution in [2.75, 3.05) is 18.9 Å². The van der Waals surface area contributed by atoms with Gasteiger partial charge < -0.3 is 5.32 Å². The number of amides is 1. The highest BCUT2D eigenvalue weighted by molar-refractivity contribution is 14.1. The van der Waals surface area contributed by atoms with E-state index in [1.54, 1.807) is 0 Å². The van der Waals surface area contributed by atoms with Crippen LogP contribution in [0.2, 0.25) is 0 Å². The highest BCUT2D eigenvalue weighted by atomic mass is 127. The number of benzene rings is 2. The van der Waals surface area contributed by atoms with Gasteiger partial charge in [0.2, 0.25) is 15.9 Å². The van der Waals surface area contributed by atoms with Crippen molar-refractivity contribution >= 4 is 44.2 Å². The Balaban J connectivity index is 1.88. The van der Waals surface area contributed by atoms with Crippen LogP contribution in [0, 0.1) is 16.3 Å². The Morgan fingerprint density at radius 3 is 2.46 bits per heavy atom. The molecule has 2 aromatic rings. The number of rotatable bonds is 7. The van der Waals surface area contributed by atoms with Gasteiger partial charge in [0.05, 0.1) is 4.90 Å². The Morgan fingerprint density at radius 2 is 1.85 bits per heavy atom. The van der Waals surface area contributed by atoms with E-state index in [1.165, 1.54) is 23.5 Å². The molecule has 0 spiro atoms. The van der Waals surface area contributed by atoms with Crippen molar-refractivity contribution in [2.45, 2.75) is 24.7 Å². The Kier molecular flexibility index (Phi) is 7.13. The molecule has 0 aliphatic rings. The molecule has 5 nitrogen and oxygen atoms in total. The van der Waals surface area contributed by atoms with E-state index in [9.17, 15) is 17.6 Å². The number of carbonyl (C=O) groups is 1. The summed E-state index contributed by atoms with van der Waals surface area (Å²) in [7, 11) is -2.25. The third-order valence-corrected chi connectivity index (χ3v) is 6.40.